The second-order valence-electron chi connectivity index (χ2n) is 2.55. The van der Waals surface area contributed by atoms with Crippen LogP contribution in [0.1, 0.15) is 17.3 Å². The van der Waals surface area contributed by atoms with Crippen LogP contribution in [-0.2, 0) is 0 Å². The predicted octanol–water partition coefficient (Wildman–Crippen LogP) is 3.54. The summed E-state index contributed by atoms with van der Waals surface area (Å²) < 4.78 is 37.2. The molecule has 2 nitrogen and oxygen atoms in total. The average Bonchev–Trinajstić information content (AvgIpc) is 2.15. The summed E-state index contributed by atoms with van der Waals surface area (Å²) in [5.74, 6) is 0. The second-order valence-corrected chi connectivity index (χ2v) is 3.29. The lowest BCUT2D eigenvalue weighted by atomic mass is 10.1. The van der Waals surface area contributed by atoms with Gasteiger partial charge in [-0.05, 0) is 6.07 Å². The van der Waals surface area contributed by atoms with Crippen molar-refractivity contribution in [3.05, 3.63) is 27.5 Å². The molecule has 15 heavy (non-hydrogen) atoms. The molecule has 1 heterocycles. The van der Waals surface area contributed by atoms with E-state index in [1.807, 2.05) is 0 Å². The van der Waals surface area contributed by atoms with Crippen molar-refractivity contribution in [3.63, 3.8) is 0 Å². The summed E-state index contributed by atoms with van der Waals surface area (Å²) in [5.41, 5.74) is -0.966. The van der Waals surface area contributed by atoms with Crippen molar-refractivity contribution in [2.24, 2.45) is 0 Å². The van der Waals surface area contributed by atoms with Gasteiger partial charge in [-0.1, -0.05) is 23.2 Å². The molecule has 1 aromatic heterocycles. The smallest absolute Gasteiger partial charge is 0.236 e. The fraction of sp³-hybridized carbons (Fsp3) is 0.250. The summed E-state index contributed by atoms with van der Waals surface area (Å²) in [5, 5.41) is 7.97. The van der Waals surface area contributed by atoms with Gasteiger partial charge in [-0.15, -0.1) is 0 Å². The standard InChI is InChI=1S/C8H3Cl2F3N2/c9-5-1-3(6(11)8(12)13)4(2-14)7(10)15-5/h1,6,8H. The summed E-state index contributed by atoms with van der Waals surface area (Å²) >= 11 is 10.9. The first kappa shape index (κ1) is 12.1. The minimum absolute atomic E-state index is 0.239. The van der Waals surface area contributed by atoms with Gasteiger partial charge in [0.25, 0.3) is 6.43 Å². The Hall–Kier alpha value is -0.990. The van der Waals surface area contributed by atoms with Crippen molar-refractivity contribution in [2.45, 2.75) is 12.6 Å². The SMILES string of the molecule is N#Cc1c(C(F)C(F)F)cc(Cl)nc1Cl. The molecule has 0 radical (unpaired) electrons. The zero-order chi connectivity index (χ0) is 11.6. The zero-order valence-electron chi connectivity index (χ0n) is 7.02. The topological polar surface area (TPSA) is 36.7 Å². The van der Waals surface area contributed by atoms with Crippen LogP contribution in [0.3, 0.4) is 0 Å². The second kappa shape index (κ2) is 4.69. The lowest BCUT2D eigenvalue weighted by Crippen LogP contribution is -2.06. The van der Waals surface area contributed by atoms with E-state index in [4.69, 9.17) is 28.5 Å². The summed E-state index contributed by atoms with van der Waals surface area (Å²) in [7, 11) is 0. The third kappa shape index (κ3) is 2.52. The van der Waals surface area contributed by atoms with Gasteiger partial charge in [-0.3, -0.25) is 0 Å². The lowest BCUT2D eigenvalue weighted by Gasteiger charge is -2.09. The summed E-state index contributed by atoms with van der Waals surface area (Å²) in [6, 6.07) is 2.36. The Labute approximate surface area is 93.2 Å². The number of hydrogen-bond acceptors (Lipinski definition) is 2. The molecule has 0 amide bonds. The van der Waals surface area contributed by atoms with Crippen LogP contribution in [0.5, 0.6) is 0 Å². The maximum absolute atomic E-state index is 13.0. The van der Waals surface area contributed by atoms with Gasteiger partial charge in [0.1, 0.15) is 16.4 Å². The van der Waals surface area contributed by atoms with E-state index in [9.17, 15) is 13.2 Å². The van der Waals surface area contributed by atoms with Gasteiger partial charge >= 0.3 is 0 Å². The highest BCUT2D eigenvalue weighted by atomic mass is 35.5. The molecule has 0 aromatic carbocycles. The number of aromatic nitrogens is 1. The molecule has 0 fully saturated rings. The Morgan fingerprint density at radius 3 is 2.40 bits per heavy atom. The van der Waals surface area contributed by atoms with Crippen LogP contribution in [0, 0.1) is 11.3 Å². The van der Waals surface area contributed by atoms with Gasteiger partial charge in [-0.2, -0.15) is 5.26 Å². The van der Waals surface area contributed by atoms with Crippen molar-refractivity contribution >= 4 is 23.2 Å². The van der Waals surface area contributed by atoms with E-state index in [0.717, 1.165) is 6.07 Å². The molecule has 1 aromatic rings. The third-order valence-corrected chi connectivity index (χ3v) is 2.07. The molecule has 7 heteroatoms. The molecule has 0 saturated carbocycles. The van der Waals surface area contributed by atoms with Crippen LogP contribution in [0.2, 0.25) is 10.3 Å². The fourth-order valence-corrected chi connectivity index (χ4v) is 1.45. The Bertz CT molecular complexity index is 417. The fourth-order valence-electron chi connectivity index (χ4n) is 0.965. The van der Waals surface area contributed by atoms with Crippen LogP contribution < -0.4 is 0 Å². The Balaban J connectivity index is 3.34. The summed E-state index contributed by atoms with van der Waals surface area (Å²) in [6.45, 7) is 0. The Morgan fingerprint density at radius 1 is 1.33 bits per heavy atom. The predicted molar refractivity (Wildman–Crippen MR) is 48.8 cm³/mol. The highest BCUT2D eigenvalue weighted by molar-refractivity contribution is 6.33. The molecule has 0 aliphatic heterocycles. The minimum atomic E-state index is -3.24. The highest BCUT2D eigenvalue weighted by Crippen LogP contribution is 2.31. The average molecular weight is 255 g/mol. The van der Waals surface area contributed by atoms with E-state index < -0.39 is 23.7 Å². The van der Waals surface area contributed by atoms with E-state index in [-0.39, 0.29) is 10.3 Å². The molecule has 1 atom stereocenters. The van der Waals surface area contributed by atoms with E-state index >= 15 is 0 Å². The number of alkyl halides is 3. The monoisotopic (exact) mass is 254 g/mol. The molecule has 0 bridgehead atoms. The molecule has 0 N–H and O–H groups in total. The molecule has 0 spiro atoms. The van der Waals surface area contributed by atoms with Crippen LogP contribution in [0.25, 0.3) is 0 Å². The van der Waals surface area contributed by atoms with Crippen LogP contribution in [0.4, 0.5) is 13.2 Å². The number of nitrogens with zero attached hydrogens (tertiary/aromatic N) is 2. The van der Waals surface area contributed by atoms with Crippen molar-refractivity contribution in [3.8, 4) is 6.07 Å². The van der Waals surface area contributed by atoms with Crippen molar-refractivity contribution in [1.29, 1.82) is 5.26 Å². The van der Waals surface area contributed by atoms with Crippen LogP contribution >= 0.6 is 23.2 Å². The molecule has 1 rings (SSSR count). The molecule has 0 aliphatic rings. The normalized spacial score (nSPS) is 12.6. The summed E-state index contributed by atoms with van der Waals surface area (Å²) in [6.07, 6.45) is -5.84. The van der Waals surface area contributed by atoms with E-state index in [0.29, 0.717) is 0 Å². The van der Waals surface area contributed by atoms with Crippen molar-refractivity contribution in [2.75, 3.05) is 0 Å². The molecule has 0 aliphatic carbocycles. The van der Waals surface area contributed by atoms with E-state index in [1.165, 1.54) is 6.07 Å². The van der Waals surface area contributed by atoms with Crippen LogP contribution in [0.15, 0.2) is 6.07 Å². The molecule has 0 saturated heterocycles. The maximum atomic E-state index is 13.0. The summed E-state index contributed by atoms with van der Waals surface area (Å²) in [4.78, 5) is 3.44. The van der Waals surface area contributed by atoms with Gasteiger partial charge in [0.2, 0.25) is 0 Å². The highest BCUT2D eigenvalue weighted by Gasteiger charge is 2.26. The number of hydrogen-bond donors (Lipinski definition) is 0. The lowest BCUT2D eigenvalue weighted by molar-refractivity contribution is 0.0494. The number of halogens is 5. The quantitative estimate of drug-likeness (QED) is 0.758. The third-order valence-electron chi connectivity index (χ3n) is 1.60. The largest absolute Gasteiger partial charge is 0.273 e. The number of rotatable bonds is 2. The zero-order valence-corrected chi connectivity index (χ0v) is 8.53. The van der Waals surface area contributed by atoms with Crippen molar-refractivity contribution < 1.29 is 13.2 Å². The number of nitriles is 1. The van der Waals surface area contributed by atoms with Gasteiger partial charge in [-0.25, -0.2) is 18.2 Å². The van der Waals surface area contributed by atoms with Gasteiger partial charge in [0.15, 0.2) is 6.17 Å². The van der Waals surface area contributed by atoms with E-state index in [1.54, 1.807) is 0 Å². The minimum Gasteiger partial charge on any atom is -0.236 e. The first-order valence-electron chi connectivity index (χ1n) is 3.65. The molecular weight excluding hydrogens is 252 g/mol. The van der Waals surface area contributed by atoms with Gasteiger partial charge in [0, 0.05) is 5.56 Å². The molecule has 80 valence electrons. The first-order valence-corrected chi connectivity index (χ1v) is 4.41. The van der Waals surface area contributed by atoms with Gasteiger partial charge in [0.05, 0.1) is 5.56 Å². The number of pyridine rings is 1. The Kier molecular flexibility index (Phi) is 3.77. The first-order chi connectivity index (χ1) is 6.97. The van der Waals surface area contributed by atoms with Crippen LogP contribution in [-0.4, -0.2) is 11.4 Å². The van der Waals surface area contributed by atoms with Gasteiger partial charge < -0.3 is 0 Å². The van der Waals surface area contributed by atoms with Crippen molar-refractivity contribution in [1.82, 2.24) is 4.98 Å². The van der Waals surface area contributed by atoms with E-state index in [2.05, 4.69) is 4.98 Å². The molecular formula is C8H3Cl2F3N2. The maximum Gasteiger partial charge on any atom is 0.273 e. The molecule has 1 unspecified atom stereocenters. The Morgan fingerprint density at radius 2 is 1.93 bits per heavy atom.